The van der Waals surface area contributed by atoms with Crippen molar-refractivity contribution in [3.63, 3.8) is 0 Å². The minimum atomic E-state index is -0.986. The Morgan fingerprint density at radius 1 is 1.53 bits per heavy atom. The van der Waals surface area contributed by atoms with E-state index in [1.54, 1.807) is 6.08 Å². The van der Waals surface area contributed by atoms with Crippen molar-refractivity contribution >= 4 is 11.9 Å². The van der Waals surface area contributed by atoms with Crippen molar-refractivity contribution in [1.29, 1.82) is 0 Å². The summed E-state index contributed by atoms with van der Waals surface area (Å²) in [7, 11) is 0. The number of hydrogen-bond donors (Lipinski definition) is 2. The van der Waals surface area contributed by atoms with Gasteiger partial charge in [-0.25, -0.2) is 0 Å². The number of amides is 1. The molecule has 0 saturated carbocycles. The van der Waals surface area contributed by atoms with Crippen LogP contribution < -0.4 is 5.32 Å². The molecule has 0 aromatic heterocycles. The van der Waals surface area contributed by atoms with Gasteiger partial charge in [-0.05, 0) is 6.42 Å². The first-order valence-electron chi connectivity index (χ1n) is 4.93. The fourth-order valence-electron chi connectivity index (χ4n) is 1.12. The number of carboxylic acid groups (broad SMARTS) is 1. The van der Waals surface area contributed by atoms with Gasteiger partial charge in [-0.2, -0.15) is 0 Å². The largest absolute Gasteiger partial charge is 0.480 e. The number of nitrogens with one attached hydrogen (secondary N) is 1. The summed E-state index contributed by atoms with van der Waals surface area (Å²) in [6, 6.07) is 0. The third kappa shape index (κ3) is 6.68. The highest BCUT2D eigenvalue weighted by molar-refractivity contribution is 5.82. The average Bonchev–Trinajstić information content (AvgIpc) is 2.17. The predicted octanol–water partition coefficient (Wildman–Crippen LogP) is 0.0852. The maximum Gasteiger partial charge on any atom is 0.323 e. The molecule has 0 unspecified atom stereocenters. The van der Waals surface area contributed by atoms with Crippen LogP contribution in [0.25, 0.3) is 0 Å². The zero-order valence-electron chi connectivity index (χ0n) is 9.03. The number of hydrogen-bond acceptors (Lipinski definition) is 3. The van der Waals surface area contributed by atoms with E-state index >= 15 is 0 Å². The van der Waals surface area contributed by atoms with Crippen LogP contribution in [0.5, 0.6) is 0 Å². The quantitative estimate of drug-likeness (QED) is 0.443. The van der Waals surface area contributed by atoms with Crippen LogP contribution in [0.2, 0.25) is 0 Å². The summed E-state index contributed by atoms with van der Waals surface area (Å²) in [4.78, 5) is 23.3. The molecule has 0 aliphatic rings. The summed E-state index contributed by atoms with van der Waals surface area (Å²) in [5.41, 5.74) is 0. The zero-order valence-corrected chi connectivity index (χ0v) is 9.03. The molecule has 86 valence electrons. The molecule has 0 aromatic carbocycles. The van der Waals surface area contributed by atoms with Crippen LogP contribution in [0.3, 0.4) is 0 Å². The summed E-state index contributed by atoms with van der Waals surface area (Å²) in [6.07, 6.45) is 2.40. The summed E-state index contributed by atoms with van der Waals surface area (Å²) < 4.78 is 0. The molecule has 0 rings (SSSR count). The number of rotatable bonds is 8. The van der Waals surface area contributed by atoms with Crippen LogP contribution >= 0.6 is 0 Å². The van der Waals surface area contributed by atoms with Gasteiger partial charge in [-0.1, -0.05) is 13.0 Å². The number of carbonyl (C=O) groups excluding carboxylic acids is 1. The Hall–Kier alpha value is -1.36. The Balaban J connectivity index is 4.03. The summed E-state index contributed by atoms with van der Waals surface area (Å²) >= 11 is 0. The molecule has 5 nitrogen and oxygen atoms in total. The van der Waals surface area contributed by atoms with Crippen LogP contribution in [0, 0.1) is 0 Å². The minimum absolute atomic E-state index is 0.152. The lowest BCUT2D eigenvalue weighted by Gasteiger charge is -2.19. The molecule has 5 heteroatoms. The first kappa shape index (κ1) is 13.6. The lowest BCUT2D eigenvalue weighted by molar-refractivity contribution is -0.144. The van der Waals surface area contributed by atoms with E-state index in [9.17, 15) is 9.59 Å². The molecule has 2 N–H and O–H groups in total. The van der Waals surface area contributed by atoms with Gasteiger partial charge in [0.2, 0.25) is 5.91 Å². The van der Waals surface area contributed by atoms with Crippen molar-refractivity contribution in [2.24, 2.45) is 0 Å². The molecule has 0 aliphatic heterocycles. The van der Waals surface area contributed by atoms with Crippen molar-refractivity contribution in [3.8, 4) is 0 Å². The molecule has 0 saturated heterocycles. The van der Waals surface area contributed by atoms with Gasteiger partial charge in [-0.3, -0.25) is 9.59 Å². The van der Waals surface area contributed by atoms with E-state index in [0.717, 1.165) is 6.42 Å². The van der Waals surface area contributed by atoms with Crippen molar-refractivity contribution < 1.29 is 14.7 Å². The molecule has 0 aliphatic carbocycles. The lowest BCUT2D eigenvalue weighted by Crippen LogP contribution is -2.41. The van der Waals surface area contributed by atoms with Crippen molar-refractivity contribution in [2.75, 3.05) is 26.2 Å². The molecule has 0 radical (unpaired) electrons. The predicted molar refractivity (Wildman–Crippen MR) is 57.6 cm³/mol. The molecule has 0 heterocycles. The Morgan fingerprint density at radius 3 is 2.67 bits per heavy atom. The van der Waals surface area contributed by atoms with E-state index in [2.05, 4.69) is 11.9 Å². The number of aliphatic carboxylic acids is 1. The summed E-state index contributed by atoms with van der Waals surface area (Å²) in [5.74, 6) is -1.18. The third-order valence-electron chi connectivity index (χ3n) is 1.74. The van der Waals surface area contributed by atoms with E-state index < -0.39 is 5.97 Å². The third-order valence-corrected chi connectivity index (χ3v) is 1.74. The average molecular weight is 214 g/mol. The van der Waals surface area contributed by atoms with Gasteiger partial charge >= 0.3 is 5.97 Å². The van der Waals surface area contributed by atoms with Crippen molar-refractivity contribution in [1.82, 2.24) is 10.2 Å². The first-order chi connectivity index (χ1) is 7.11. The van der Waals surface area contributed by atoms with Crippen LogP contribution in [0.4, 0.5) is 0 Å². The molecule has 0 atom stereocenters. The highest BCUT2D eigenvalue weighted by Crippen LogP contribution is 1.92. The molecular formula is C10H18N2O3. The second kappa shape index (κ2) is 7.99. The second-order valence-corrected chi connectivity index (χ2v) is 3.13. The molecule has 0 bridgehead atoms. The topological polar surface area (TPSA) is 69.6 Å². The molecular weight excluding hydrogens is 196 g/mol. The summed E-state index contributed by atoms with van der Waals surface area (Å²) in [5, 5.41) is 11.4. The van der Waals surface area contributed by atoms with Gasteiger partial charge < -0.3 is 15.3 Å². The van der Waals surface area contributed by atoms with Crippen molar-refractivity contribution in [3.05, 3.63) is 12.7 Å². The molecule has 15 heavy (non-hydrogen) atoms. The van der Waals surface area contributed by atoms with Crippen LogP contribution in [-0.2, 0) is 9.59 Å². The maximum absolute atomic E-state index is 11.5. The minimum Gasteiger partial charge on any atom is -0.480 e. The Labute approximate surface area is 89.8 Å². The van der Waals surface area contributed by atoms with Crippen LogP contribution in [0.1, 0.15) is 13.3 Å². The van der Waals surface area contributed by atoms with E-state index in [0.29, 0.717) is 13.1 Å². The van der Waals surface area contributed by atoms with Crippen LogP contribution in [0.15, 0.2) is 12.7 Å². The smallest absolute Gasteiger partial charge is 0.323 e. The van der Waals surface area contributed by atoms with Crippen molar-refractivity contribution in [2.45, 2.75) is 13.3 Å². The standard InChI is InChI=1S/C10H18N2O3/c1-3-5-11-7-9(13)12(6-4-2)8-10(14)15/h3,11H,1,4-8H2,2H3,(H,14,15). The van der Waals surface area contributed by atoms with Gasteiger partial charge in [0, 0.05) is 13.1 Å². The fourth-order valence-corrected chi connectivity index (χ4v) is 1.12. The molecule has 0 fully saturated rings. The fraction of sp³-hybridized carbons (Fsp3) is 0.600. The maximum atomic E-state index is 11.5. The van der Waals surface area contributed by atoms with Crippen LogP contribution in [-0.4, -0.2) is 48.1 Å². The highest BCUT2D eigenvalue weighted by Gasteiger charge is 2.14. The number of nitrogens with zero attached hydrogens (tertiary/aromatic N) is 1. The van der Waals surface area contributed by atoms with Gasteiger partial charge in [0.1, 0.15) is 6.54 Å². The summed E-state index contributed by atoms with van der Waals surface area (Å²) in [6.45, 7) is 6.34. The van der Waals surface area contributed by atoms with E-state index in [1.807, 2.05) is 6.92 Å². The van der Waals surface area contributed by atoms with E-state index in [4.69, 9.17) is 5.11 Å². The lowest BCUT2D eigenvalue weighted by atomic mass is 10.3. The Bertz CT molecular complexity index is 229. The van der Waals surface area contributed by atoms with E-state index in [-0.39, 0.29) is 19.0 Å². The van der Waals surface area contributed by atoms with Gasteiger partial charge in [0.15, 0.2) is 0 Å². The van der Waals surface area contributed by atoms with Gasteiger partial charge in [0.25, 0.3) is 0 Å². The zero-order chi connectivity index (χ0) is 11.7. The normalized spacial score (nSPS) is 9.67. The van der Waals surface area contributed by atoms with E-state index in [1.165, 1.54) is 4.90 Å². The Morgan fingerprint density at radius 2 is 2.20 bits per heavy atom. The monoisotopic (exact) mass is 214 g/mol. The SMILES string of the molecule is C=CCNCC(=O)N(CCC)CC(=O)O. The Kier molecular flexibility index (Phi) is 7.27. The van der Waals surface area contributed by atoms with Gasteiger partial charge in [0.05, 0.1) is 6.54 Å². The molecule has 0 aromatic rings. The first-order valence-corrected chi connectivity index (χ1v) is 4.93. The second-order valence-electron chi connectivity index (χ2n) is 3.13. The number of carboxylic acids is 1. The molecule has 0 spiro atoms. The highest BCUT2D eigenvalue weighted by atomic mass is 16.4. The number of carbonyl (C=O) groups is 2. The molecule has 1 amide bonds. The van der Waals surface area contributed by atoms with Gasteiger partial charge in [-0.15, -0.1) is 6.58 Å².